The first-order valence-electron chi connectivity index (χ1n) is 9.72. The molecule has 9 heteroatoms. The van der Waals surface area contributed by atoms with Crippen LogP contribution in [-0.4, -0.2) is 49.8 Å². The van der Waals surface area contributed by atoms with E-state index in [9.17, 15) is 9.18 Å². The van der Waals surface area contributed by atoms with Crippen LogP contribution in [0.5, 0.6) is 5.75 Å². The van der Waals surface area contributed by atoms with Crippen molar-refractivity contribution in [3.63, 3.8) is 0 Å². The second kappa shape index (κ2) is 9.23. The predicted molar refractivity (Wildman–Crippen MR) is 117 cm³/mol. The third-order valence-corrected chi connectivity index (χ3v) is 5.41. The van der Waals surface area contributed by atoms with Gasteiger partial charge >= 0.3 is 0 Å². The average Bonchev–Trinajstić information content (AvgIpc) is 2.77. The van der Waals surface area contributed by atoms with E-state index in [0.29, 0.717) is 41.2 Å². The Hall–Kier alpha value is -3.30. The van der Waals surface area contributed by atoms with Crippen LogP contribution < -0.4 is 21.1 Å². The molecule has 164 valence electrons. The molecule has 1 unspecified atom stereocenters. The maximum absolute atomic E-state index is 13.9. The van der Waals surface area contributed by atoms with Crippen LogP contribution in [0.2, 0.25) is 0 Å². The van der Waals surface area contributed by atoms with Crippen molar-refractivity contribution in [3.8, 4) is 5.75 Å². The number of halogens is 1. The lowest BCUT2D eigenvalue weighted by atomic mass is 9.90. The molecule has 8 nitrogen and oxygen atoms in total. The van der Waals surface area contributed by atoms with Crippen LogP contribution in [0, 0.1) is 5.82 Å². The zero-order valence-corrected chi connectivity index (χ0v) is 17.8. The lowest BCUT2D eigenvalue weighted by Gasteiger charge is -2.39. The van der Waals surface area contributed by atoms with E-state index in [-0.39, 0.29) is 17.9 Å². The topological polar surface area (TPSA) is 117 Å². The monoisotopic (exact) mass is 427 g/mol. The summed E-state index contributed by atoms with van der Waals surface area (Å²) in [7, 11) is 3.38. The molecule has 0 spiro atoms. The Bertz CT molecular complexity index is 1090. The SMILES string of the molecule is COCCOc1cc(C(N)=O)c2ncnc(N(C)C(C)(CN)c3cccc(F)c3)c2c1. The van der Waals surface area contributed by atoms with Crippen molar-refractivity contribution in [1.29, 1.82) is 0 Å². The minimum Gasteiger partial charge on any atom is -0.491 e. The van der Waals surface area contributed by atoms with Crippen LogP contribution in [0.1, 0.15) is 22.8 Å². The number of likely N-dealkylation sites (N-methyl/N-ethyl adjacent to an activating group) is 1. The molecule has 2 aromatic carbocycles. The van der Waals surface area contributed by atoms with Crippen molar-refractivity contribution < 1.29 is 18.7 Å². The summed E-state index contributed by atoms with van der Waals surface area (Å²) in [4.78, 5) is 22.6. The number of methoxy groups -OCH3 is 1. The number of rotatable bonds is 9. The smallest absolute Gasteiger partial charge is 0.251 e. The van der Waals surface area contributed by atoms with E-state index in [1.165, 1.54) is 18.5 Å². The van der Waals surface area contributed by atoms with Crippen LogP contribution in [0.4, 0.5) is 10.2 Å². The minimum atomic E-state index is -0.789. The fourth-order valence-electron chi connectivity index (χ4n) is 3.42. The summed E-state index contributed by atoms with van der Waals surface area (Å²) in [6.07, 6.45) is 1.36. The molecule has 0 radical (unpaired) electrons. The summed E-state index contributed by atoms with van der Waals surface area (Å²) in [5.41, 5.74) is 12.2. The summed E-state index contributed by atoms with van der Waals surface area (Å²) in [6.45, 7) is 2.75. The van der Waals surface area contributed by atoms with Crippen LogP contribution in [0.3, 0.4) is 0 Å². The fraction of sp³-hybridized carbons (Fsp3) is 0.318. The van der Waals surface area contributed by atoms with Crippen molar-refractivity contribution in [2.24, 2.45) is 11.5 Å². The highest BCUT2D eigenvalue weighted by atomic mass is 19.1. The summed E-state index contributed by atoms with van der Waals surface area (Å²) in [6, 6.07) is 9.56. The molecule has 0 bridgehead atoms. The van der Waals surface area contributed by atoms with Crippen LogP contribution >= 0.6 is 0 Å². The Kier molecular flexibility index (Phi) is 6.67. The molecule has 31 heavy (non-hydrogen) atoms. The molecule has 1 heterocycles. The molecule has 0 saturated carbocycles. The van der Waals surface area contributed by atoms with Gasteiger partial charge in [0.25, 0.3) is 5.91 Å². The number of aromatic nitrogens is 2. The number of nitrogens with two attached hydrogens (primary N) is 2. The van der Waals surface area contributed by atoms with Gasteiger partial charge in [0.15, 0.2) is 0 Å². The number of nitrogens with zero attached hydrogens (tertiary/aromatic N) is 3. The predicted octanol–water partition coefficient (Wildman–Crippen LogP) is 2.20. The van der Waals surface area contributed by atoms with Gasteiger partial charge in [0.2, 0.25) is 0 Å². The maximum Gasteiger partial charge on any atom is 0.251 e. The summed E-state index contributed by atoms with van der Waals surface area (Å²) >= 11 is 0. The van der Waals surface area contributed by atoms with Crippen molar-refractivity contribution in [1.82, 2.24) is 9.97 Å². The first-order chi connectivity index (χ1) is 14.8. The quantitative estimate of drug-likeness (QED) is 0.503. The van der Waals surface area contributed by atoms with E-state index < -0.39 is 11.4 Å². The van der Waals surface area contributed by atoms with Crippen LogP contribution in [0.15, 0.2) is 42.7 Å². The highest BCUT2D eigenvalue weighted by Crippen LogP contribution is 2.36. The number of ether oxygens (including phenoxy) is 2. The van der Waals surface area contributed by atoms with E-state index in [1.807, 2.05) is 24.9 Å². The number of fused-ring (bicyclic) bond motifs is 1. The number of carbonyl (C=O) groups is 1. The first-order valence-corrected chi connectivity index (χ1v) is 9.72. The third-order valence-electron chi connectivity index (χ3n) is 5.41. The lowest BCUT2D eigenvalue weighted by Crippen LogP contribution is -2.47. The second-order valence-corrected chi connectivity index (χ2v) is 7.32. The summed E-state index contributed by atoms with van der Waals surface area (Å²) in [5.74, 6) is -0.0610. The van der Waals surface area contributed by atoms with E-state index in [4.69, 9.17) is 20.9 Å². The largest absolute Gasteiger partial charge is 0.491 e. The van der Waals surface area contributed by atoms with Crippen molar-refractivity contribution >= 4 is 22.6 Å². The Balaban J connectivity index is 2.17. The highest BCUT2D eigenvalue weighted by Gasteiger charge is 2.33. The summed E-state index contributed by atoms with van der Waals surface area (Å²) in [5, 5.41) is 0.560. The van der Waals surface area contributed by atoms with Gasteiger partial charge < -0.3 is 25.8 Å². The lowest BCUT2D eigenvalue weighted by molar-refractivity contribution is 0.100. The second-order valence-electron chi connectivity index (χ2n) is 7.32. The number of amides is 1. The van der Waals surface area contributed by atoms with E-state index in [0.717, 1.165) is 0 Å². The minimum absolute atomic E-state index is 0.186. The van der Waals surface area contributed by atoms with E-state index in [1.54, 1.807) is 25.3 Å². The van der Waals surface area contributed by atoms with Gasteiger partial charge in [0, 0.05) is 26.1 Å². The van der Waals surface area contributed by atoms with Crippen LogP contribution in [0.25, 0.3) is 10.9 Å². The van der Waals surface area contributed by atoms with Gasteiger partial charge in [0.1, 0.15) is 30.3 Å². The van der Waals surface area contributed by atoms with Crippen LogP contribution in [-0.2, 0) is 10.3 Å². The van der Waals surface area contributed by atoms with Gasteiger partial charge in [0.05, 0.1) is 23.2 Å². The molecule has 1 amide bonds. The average molecular weight is 427 g/mol. The molecule has 0 aliphatic heterocycles. The summed E-state index contributed by atoms with van der Waals surface area (Å²) < 4.78 is 24.7. The zero-order valence-electron chi connectivity index (χ0n) is 17.8. The Morgan fingerprint density at radius 2 is 2.00 bits per heavy atom. The number of anilines is 1. The fourth-order valence-corrected chi connectivity index (χ4v) is 3.42. The number of primary amides is 1. The van der Waals surface area contributed by atoms with Crippen molar-refractivity contribution in [2.45, 2.75) is 12.5 Å². The normalized spacial score (nSPS) is 13.1. The van der Waals surface area contributed by atoms with Gasteiger partial charge in [-0.25, -0.2) is 14.4 Å². The first kappa shape index (κ1) is 22.4. The zero-order chi connectivity index (χ0) is 22.6. The molecule has 3 aromatic rings. The molecule has 0 aliphatic rings. The van der Waals surface area contributed by atoms with Crippen molar-refractivity contribution in [2.75, 3.05) is 38.8 Å². The molecular weight excluding hydrogens is 401 g/mol. The molecule has 0 fully saturated rings. The number of hydrogen-bond donors (Lipinski definition) is 2. The Labute approximate surface area is 180 Å². The number of carbonyl (C=O) groups excluding carboxylic acids is 1. The number of hydrogen-bond acceptors (Lipinski definition) is 7. The Morgan fingerprint density at radius 3 is 2.65 bits per heavy atom. The highest BCUT2D eigenvalue weighted by molar-refractivity contribution is 6.07. The molecule has 3 rings (SSSR count). The Morgan fingerprint density at radius 1 is 1.23 bits per heavy atom. The molecule has 0 aliphatic carbocycles. The van der Waals surface area contributed by atoms with Crippen molar-refractivity contribution in [3.05, 3.63) is 59.7 Å². The molecule has 4 N–H and O–H groups in total. The third kappa shape index (κ3) is 4.42. The van der Waals surface area contributed by atoms with Gasteiger partial charge in [-0.05, 0) is 36.8 Å². The molecule has 0 saturated heterocycles. The van der Waals surface area contributed by atoms with Gasteiger partial charge in [-0.2, -0.15) is 0 Å². The van der Waals surface area contributed by atoms with Gasteiger partial charge in [-0.3, -0.25) is 4.79 Å². The molecule has 1 atom stereocenters. The standard InChI is InChI=1S/C22H26FN5O3/c1-22(12-24,14-5-4-6-15(23)9-14)28(2)21-18-11-16(31-8-7-30-3)10-17(20(25)29)19(18)26-13-27-21/h4-6,9-11,13H,7-8,12,24H2,1-3H3,(H2,25,29). The maximum atomic E-state index is 13.9. The van der Waals surface area contributed by atoms with Gasteiger partial charge in [-0.15, -0.1) is 0 Å². The van der Waals surface area contributed by atoms with E-state index >= 15 is 0 Å². The van der Waals surface area contributed by atoms with Gasteiger partial charge in [-0.1, -0.05) is 12.1 Å². The number of benzene rings is 2. The van der Waals surface area contributed by atoms with E-state index in [2.05, 4.69) is 9.97 Å². The molecule has 1 aromatic heterocycles. The molecular formula is C22H26FN5O3.